The van der Waals surface area contributed by atoms with Crippen molar-refractivity contribution >= 4 is 17.9 Å². The number of rotatable bonds is 5. The first kappa shape index (κ1) is 12.3. The quantitative estimate of drug-likeness (QED) is 0.446. The molecule has 1 aromatic rings. The molecule has 5 nitrogen and oxygen atoms in total. The molecular weight excluding hydrogens is 204 g/mol. The number of nitrogens with two attached hydrogens (primary N) is 2. The molecule has 0 unspecified atom stereocenters. The van der Waals surface area contributed by atoms with Crippen molar-refractivity contribution < 1.29 is 4.79 Å². The molecular formula is C11H18N4O. The van der Waals surface area contributed by atoms with Crippen molar-refractivity contribution in [1.82, 2.24) is 4.57 Å². The zero-order valence-corrected chi connectivity index (χ0v) is 9.68. The van der Waals surface area contributed by atoms with Crippen LogP contribution < -0.4 is 11.5 Å². The summed E-state index contributed by atoms with van der Waals surface area (Å²) in [4.78, 5) is 14.7. The highest BCUT2D eigenvalue weighted by atomic mass is 16.1. The monoisotopic (exact) mass is 222 g/mol. The van der Waals surface area contributed by atoms with Gasteiger partial charge in [-0.2, -0.15) is 0 Å². The molecule has 4 N–H and O–H groups in total. The summed E-state index contributed by atoms with van der Waals surface area (Å²) in [6, 6.07) is 1.67. The van der Waals surface area contributed by atoms with E-state index in [0.717, 1.165) is 19.3 Å². The van der Waals surface area contributed by atoms with Gasteiger partial charge in [0.15, 0.2) is 12.2 Å². The van der Waals surface area contributed by atoms with Crippen LogP contribution in [-0.2, 0) is 6.54 Å². The summed E-state index contributed by atoms with van der Waals surface area (Å²) in [7, 11) is 0. The molecule has 1 rings (SSSR count). The SMILES string of the molecule is CC(C)CCn1cc(N=C(N)N)cc1C=O. The largest absolute Gasteiger partial charge is 0.370 e. The molecule has 0 atom stereocenters. The van der Waals surface area contributed by atoms with Crippen LogP contribution in [0, 0.1) is 5.92 Å². The van der Waals surface area contributed by atoms with Crippen LogP contribution in [0.25, 0.3) is 0 Å². The molecule has 0 spiro atoms. The van der Waals surface area contributed by atoms with Gasteiger partial charge in [0.2, 0.25) is 0 Å². The molecule has 16 heavy (non-hydrogen) atoms. The molecule has 0 aliphatic rings. The van der Waals surface area contributed by atoms with Crippen LogP contribution in [0.5, 0.6) is 0 Å². The molecule has 5 heteroatoms. The van der Waals surface area contributed by atoms with Crippen molar-refractivity contribution in [3.63, 3.8) is 0 Å². The summed E-state index contributed by atoms with van der Waals surface area (Å²) in [6.45, 7) is 5.08. The maximum absolute atomic E-state index is 10.8. The summed E-state index contributed by atoms with van der Waals surface area (Å²) in [5.41, 5.74) is 11.8. The van der Waals surface area contributed by atoms with E-state index in [-0.39, 0.29) is 5.96 Å². The van der Waals surface area contributed by atoms with Crippen molar-refractivity contribution in [2.45, 2.75) is 26.8 Å². The Morgan fingerprint density at radius 1 is 1.56 bits per heavy atom. The van der Waals surface area contributed by atoms with Crippen LogP contribution in [0.2, 0.25) is 0 Å². The molecule has 0 bridgehead atoms. The zero-order chi connectivity index (χ0) is 12.1. The standard InChI is InChI=1S/C11H18N4O/c1-8(2)3-4-15-6-9(14-11(12)13)5-10(15)7-16/h5-8H,3-4H2,1-2H3,(H4,12,13,14). The molecule has 1 heterocycles. The third kappa shape index (κ3) is 3.42. The normalized spacial score (nSPS) is 10.4. The topological polar surface area (TPSA) is 86.4 Å². The van der Waals surface area contributed by atoms with Crippen LogP contribution >= 0.6 is 0 Å². The fraction of sp³-hybridized carbons (Fsp3) is 0.455. The summed E-state index contributed by atoms with van der Waals surface area (Å²) < 4.78 is 1.87. The Labute approximate surface area is 95.1 Å². The Hall–Kier alpha value is -1.78. The van der Waals surface area contributed by atoms with Crippen LogP contribution in [0.4, 0.5) is 5.69 Å². The number of nitrogens with zero attached hydrogens (tertiary/aromatic N) is 2. The lowest BCUT2D eigenvalue weighted by atomic mass is 10.1. The smallest absolute Gasteiger partial charge is 0.191 e. The van der Waals surface area contributed by atoms with E-state index in [9.17, 15) is 4.79 Å². The molecule has 0 aliphatic carbocycles. The van der Waals surface area contributed by atoms with E-state index in [2.05, 4.69) is 18.8 Å². The lowest BCUT2D eigenvalue weighted by Crippen LogP contribution is -2.21. The fourth-order valence-corrected chi connectivity index (χ4v) is 1.41. The van der Waals surface area contributed by atoms with Gasteiger partial charge in [0.25, 0.3) is 0 Å². The van der Waals surface area contributed by atoms with Crippen LogP contribution in [-0.4, -0.2) is 16.8 Å². The second-order valence-corrected chi connectivity index (χ2v) is 4.15. The minimum absolute atomic E-state index is 0.00143. The number of guanidine groups is 1. The molecule has 88 valence electrons. The van der Waals surface area contributed by atoms with E-state index < -0.39 is 0 Å². The number of hydrogen-bond donors (Lipinski definition) is 2. The second-order valence-electron chi connectivity index (χ2n) is 4.15. The van der Waals surface area contributed by atoms with Crippen molar-refractivity contribution in [2.75, 3.05) is 0 Å². The zero-order valence-electron chi connectivity index (χ0n) is 9.68. The molecule has 0 radical (unpaired) electrons. The highest BCUT2D eigenvalue weighted by molar-refractivity contribution is 5.81. The van der Waals surface area contributed by atoms with Gasteiger partial charge in [0.05, 0.1) is 11.4 Å². The molecule has 0 saturated heterocycles. The number of aliphatic imine (C=N–C) groups is 1. The van der Waals surface area contributed by atoms with Crippen LogP contribution in [0.3, 0.4) is 0 Å². The Balaban J connectivity index is 2.86. The predicted octanol–water partition coefficient (Wildman–Crippen LogP) is 1.25. The Morgan fingerprint density at radius 3 is 2.75 bits per heavy atom. The van der Waals surface area contributed by atoms with Crippen LogP contribution in [0.1, 0.15) is 30.8 Å². The summed E-state index contributed by atoms with van der Waals surface area (Å²) in [5, 5.41) is 0. The predicted molar refractivity (Wildman–Crippen MR) is 64.7 cm³/mol. The third-order valence-corrected chi connectivity index (χ3v) is 2.24. The molecule has 1 aromatic heterocycles. The molecule has 0 amide bonds. The lowest BCUT2D eigenvalue weighted by molar-refractivity contribution is 0.111. The van der Waals surface area contributed by atoms with E-state index in [4.69, 9.17) is 11.5 Å². The number of carbonyl (C=O) groups is 1. The van der Waals surface area contributed by atoms with Gasteiger partial charge in [-0.3, -0.25) is 4.79 Å². The van der Waals surface area contributed by atoms with Crippen LogP contribution in [0.15, 0.2) is 17.3 Å². The van der Waals surface area contributed by atoms with E-state index in [1.54, 1.807) is 12.3 Å². The molecule has 0 aromatic carbocycles. The van der Waals surface area contributed by atoms with Gasteiger partial charge in [-0.15, -0.1) is 0 Å². The number of carbonyl (C=O) groups excluding carboxylic acids is 1. The molecule has 0 fully saturated rings. The van der Waals surface area contributed by atoms with Crippen molar-refractivity contribution in [3.05, 3.63) is 18.0 Å². The van der Waals surface area contributed by atoms with Crippen molar-refractivity contribution in [3.8, 4) is 0 Å². The minimum atomic E-state index is -0.00143. The Kier molecular flexibility index (Phi) is 4.10. The maximum Gasteiger partial charge on any atom is 0.191 e. The van der Waals surface area contributed by atoms with E-state index in [1.165, 1.54) is 0 Å². The minimum Gasteiger partial charge on any atom is -0.370 e. The van der Waals surface area contributed by atoms with E-state index >= 15 is 0 Å². The summed E-state index contributed by atoms with van der Waals surface area (Å²) >= 11 is 0. The number of aryl methyl sites for hydroxylation is 1. The van der Waals surface area contributed by atoms with Crippen molar-refractivity contribution in [2.24, 2.45) is 22.4 Å². The number of aldehydes is 1. The lowest BCUT2D eigenvalue weighted by Gasteiger charge is -2.06. The first-order valence-corrected chi connectivity index (χ1v) is 5.28. The first-order valence-electron chi connectivity index (χ1n) is 5.28. The van der Waals surface area contributed by atoms with Gasteiger partial charge >= 0.3 is 0 Å². The van der Waals surface area contributed by atoms with Gasteiger partial charge < -0.3 is 16.0 Å². The van der Waals surface area contributed by atoms with Gasteiger partial charge in [-0.25, -0.2) is 4.99 Å². The first-order chi connectivity index (χ1) is 7.52. The summed E-state index contributed by atoms with van der Waals surface area (Å²) in [5.74, 6) is 0.590. The van der Waals surface area contributed by atoms with Crippen molar-refractivity contribution in [1.29, 1.82) is 0 Å². The maximum atomic E-state index is 10.8. The third-order valence-electron chi connectivity index (χ3n) is 2.24. The van der Waals surface area contributed by atoms with Gasteiger partial charge in [-0.05, 0) is 18.4 Å². The molecule has 0 aliphatic heterocycles. The average Bonchev–Trinajstić information content (AvgIpc) is 2.56. The van der Waals surface area contributed by atoms with Gasteiger partial charge in [0, 0.05) is 12.7 Å². The highest BCUT2D eigenvalue weighted by Gasteiger charge is 2.05. The fourth-order valence-electron chi connectivity index (χ4n) is 1.41. The Morgan fingerprint density at radius 2 is 2.25 bits per heavy atom. The highest BCUT2D eigenvalue weighted by Crippen LogP contribution is 2.17. The van der Waals surface area contributed by atoms with E-state index in [0.29, 0.717) is 17.3 Å². The average molecular weight is 222 g/mol. The number of hydrogen-bond acceptors (Lipinski definition) is 2. The second kappa shape index (κ2) is 5.34. The number of aromatic nitrogens is 1. The Bertz CT molecular complexity index is 389. The van der Waals surface area contributed by atoms with Gasteiger partial charge in [0.1, 0.15) is 0 Å². The van der Waals surface area contributed by atoms with E-state index in [1.807, 2.05) is 4.57 Å². The van der Waals surface area contributed by atoms with Gasteiger partial charge in [-0.1, -0.05) is 13.8 Å². The molecule has 0 saturated carbocycles. The summed E-state index contributed by atoms with van der Waals surface area (Å²) in [6.07, 6.45) is 3.61.